The summed E-state index contributed by atoms with van der Waals surface area (Å²) in [7, 11) is 0. The second-order valence-corrected chi connectivity index (χ2v) is 7.72. The van der Waals surface area contributed by atoms with Crippen LogP contribution >= 0.6 is 23.4 Å². The zero-order valence-corrected chi connectivity index (χ0v) is 16.5. The fourth-order valence-corrected chi connectivity index (χ4v) is 3.37. The van der Waals surface area contributed by atoms with E-state index in [2.05, 4.69) is 15.5 Å². The summed E-state index contributed by atoms with van der Waals surface area (Å²) in [6.07, 6.45) is 1.70. The van der Waals surface area contributed by atoms with Gasteiger partial charge in [0.05, 0.1) is 6.42 Å². The van der Waals surface area contributed by atoms with Gasteiger partial charge in [-0.1, -0.05) is 46.5 Å². The highest BCUT2D eigenvalue weighted by molar-refractivity contribution is 7.99. The number of hydrogen-bond acceptors (Lipinski definition) is 5. The largest absolute Gasteiger partial charge is 0.407 e. The zero-order chi connectivity index (χ0) is 19.1. The molecule has 5 nitrogen and oxygen atoms in total. The van der Waals surface area contributed by atoms with Crippen molar-refractivity contribution in [1.82, 2.24) is 10.2 Å². The molecule has 0 saturated heterocycles. The molecule has 0 fully saturated rings. The number of nitrogens with zero attached hydrogens (tertiary/aromatic N) is 2. The Hall–Kier alpha value is -2.31. The molecule has 0 bridgehead atoms. The van der Waals surface area contributed by atoms with Gasteiger partial charge in [0.25, 0.3) is 0 Å². The van der Waals surface area contributed by atoms with Crippen LogP contribution in [0.25, 0.3) is 0 Å². The number of hydrogen-bond donors (Lipinski definition) is 1. The third kappa shape index (κ3) is 6.41. The second kappa shape index (κ2) is 9.58. The number of thioether (sulfide) groups is 1. The first-order valence-electron chi connectivity index (χ1n) is 8.64. The first-order valence-corrected chi connectivity index (χ1v) is 10.0. The van der Waals surface area contributed by atoms with E-state index in [0.717, 1.165) is 27.7 Å². The number of nitrogens with one attached hydrogen (secondary N) is 1. The predicted molar refractivity (Wildman–Crippen MR) is 108 cm³/mol. The van der Waals surface area contributed by atoms with Crippen molar-refractivity contribution in [2.24, 2.45) is 0 Å². The van der Waals surface area contributed by atoms with Gasteiger partial charge in [-0.15, -0.1) is 16.9 Å². The number of halogens is 1. The molecule has 1 amide bonds. The molecule has 0 radical (unpaired) electrons. The number of carbonyl (C=O) groups excluding carboxylic acids is 1. The molecule has 0 spiro atoms. The molecule has 140 valence electrons. The van der Waals surface area contributed by atoms with Crippen molar-refractivity contribution in [3.63, 3.8) is 0 Å². The minimum atomic E-state index is -0.128. The number of rotatable bonds is 8. The van der Waals surface area contributed by atoms with Crippen LogP contribution in [0.15, 0.2) is 57.8 Å². The van der Waals surface area contributed by atoms with Gasteiger partial charge in [0.1, 0.15) is 0 Å². The Kier molecular flexibility index (Phi) is 6.90. The number of benzene rings is 2. The first-order chi connectivity index (χ1) is 13.1. The lowest BCUT2D eigenvalue weighted by Gasteiger charge is -2.02. The Morgan fingerprint density at radius 3 is 2.59 bits per heavy atom. The lowest BCUT2D eigenvalue weighted by atomic mass is 10.1. The third-order valence-electron chi connectivity index (χ3n) is 3.82. The summed E-state index contributed by atoms with van der Waals surface area (Å²) in [6.45, 7) is 2.04. The summed E-state index contributed by atoms with van der Waals surface area (Å²) in [6, 6.07) is 15.9. The maximum atomic E-state index is 12.0. The van der Waals surface area contributed by atoms with Gasteiger partial charge in [-0.05, 0) is 48.9 Å². The summed E-state index contributed by atoms with van der Waals surface area (Å²) in [4.78, 5) is 13.1. The Balaban J connectivity index is 1.39. The van der Waals surface area contributed by atoms with E-state index in [-0.39, 0.29) is 11.9 Å². The van der Waals surface area contributed by atoms with Crippen LogP contribution in [0.3, 0.4) is 0 Å². The molecule has 0 aliphatic rings. The molecule has 0 aliphatic heterocycles. The van der Waals surface area contributed by atoms with Crippen LogP contribution in [-0.2, 0) is 11.2 Å². The number of anilines is 1. The zero-order valence-electron chi connectivity index (χ0n) is 14.9. The van der Waals surface area contributed by atoms with Crippen LogP contribution in [0, 0.1) is 6.92 Å². The molecule has 1 heterocycles. The minimum Gasteiger partial charge on any atom is -0.407 e. The average molecular weight is 402 g/mol. The van der Waals surface area contributed by atoms with Gasteiger partial charge in [0, 0.05) is 16.3 Å². The number of aromatic nitrogens is 2. The van der Waals surface area contributed by atoms with Crippen LogP contribution < -0.4 is 5.32 Å². The molecule has 0 aliphatic carbocycles. The van der Waals surface area contributed by atoms with Crippen molar-refractivity contribution < 1.29 is 9.21 Å². The summed E-state index contributed by atoms with van der Waals surface area (Å²) in [5, 5.41) is 11.3. The first kappa shape index (κ1) is 19.5. The van der Waals surface area contributed by atoms with Gasteiger partial charge in [-0.2, -0.15) is 0 Å². The normalized spacial score (nSPS) is 10.7. The molecule has 1 aromatic heterocycles. The van der Waals surface area contributed by atoms with Crippen LogP contribution in [0.1, 0.15) is 29.9 Å². The number of amides is 1. The monoisotopic (exact) mass is 401 g/mol. The maximum Gasteiger partial charge on any atom is 0.322 e. The molecule has 2 aromatic carbocycles. The third-order valence-corrected chi connectivity index (χ3v) is 5.17. The standard InChI is InChI=1S/C20H20ClN3O2S/c1-14-4-6-15(7-5-14)13-19-23-24-20(26-19)22-18(25)3-2-12-27-17-10-8-16(21)9-11-17/h4-11H,2-3,12-13H2,1H3,(H,22,24,25). The van der Waals surface area contributed by atoms with Crippen molar-refractivity contribution in [3.05, 3.63) is 70.6 Å². The van der Waals surface area contributed by atoms with Crippen molar-refractivity contribution in [2.75, 3.05) is 11.1 Å². The van der Waals surface area contributed by atoms with E-state index >= 15 is 0 Å². The molecule has 0 saturated carbocycles. The summed E-state index contributed by atoms with van der Waals surface area (Å²) in [5.41, 5.74) is 2.29. The smallest absolute Gasteiger partial charge is 0.322 e. The highest BCUT2D eigenvalue weighted by Crippen LogP contribution is 2.21. The fourth-order valence-electron chi connectivity index (χ4n) is 2.39. The molecule has 3 rings (SSSR count). The minimum absolute atomic E-state index is 0.128. The van der Waals surface area contributed by atoms with Gasteiger partial charge in [0.2, 0.25) is 11.8 Å². The van der Waals surface area contributed by atoms with Crippen molar-refractivity contribution in [2.45, 2.75) is 31.1 Å². The SMILES string of the molecule is Cc1ccc(Cc2nnc(NC(=O)CCCSc3ccc(Cl)cc3)o2)cc1. The van der Waals surface area contributed by atoms with Crippen molar-refractivity contribution in [1.29, 1.82) is 0 Å². The van der Waals surface area contributed by atoms with Crippen LogP contribution in [0.4, 0.5) is 6.01 Å². The highest BCUT2D eigenvalue weighted by Gasteiger charge is 2.10. The van der Waals surface area contributed by atoms with Gasteiger partial charge >= 0.3 is 6.01 Å². The molecular formula is C20H20ClN3O2S. The Morgan fingerprint density at radius 2 is 1.85 bits per heavy atom. The van der Waals surface area contributed by atoms with E-state index < -0.39 is 0 Å². The molecule has 1 N–H and O–H groups in total. The second-order valence-electron chi connectivity index (χ2n) is 6.12. The van der Waals surface area contributed by atoms with Gasteiger partial charge in [-0.3, -0.25) is 10.1 Å². The van der Waals surface area contributed by atoms with E-state index in [4.69, 9.17) is 16.0 Å². The Labute approximate surface area is 167 Å². The van der Waals surface area contributed by atoms with E-state index in [0.29, 0.717) is 18.7 Å². The van der Waals surface area contributed by atoms with Gasteiger partial charge in [-0.25, -0.2) is 0 Å². The van der Waals surface area contributed by atoms with E-state index in [1.54, 1.807) is 11.8 Å². The summed E-state index contributed by atoms with van der Waals surface area (Å²) >= 11 is 7.56. The summed E-state index contributed by atoms with van der Waals surface area (Å²) < 4.78 is 5.50. The lowest BCUT2D eigenvalue weighted by Crippen LogP contribution is -2.11. The van der Waals surface area contributed by atoms with Crippen LogP contribution in [0.5, 0.6) is 0 Å². The van der Waals surface area contributed by atoms with Crippen molar-refractivity contribution >= 4 is 35.3 Å². The molecule has 3 aromatic rings. The highest BCUT2D eigenvalue weighted by atomic mass is 35.5. The Morgan fingerprint density at radius 1 is 1.11 bits per heavy atom. The molecule has 7 heteroatoms. The number of carbonyl (C=O) groups is 1. The molecule has 27 heavy (non-hydrogen) atoms. The van der Waals surface area contributed by atoms with E-state index in [1.165, 1.54) is 5.56 Å². The number of aryl methyl sites for hydroxylation is 1. The lowest BCUT2D eigenvalue weighted by molar-refractivity contribution is -0.116. The molecule has 0 unspecified atom stereocenters. The van der Waals surface area contributed by atoms with Crippen LogP contribution in [0.2, 0.25) is 5.02 Å². The van der Waals surface area contributed by atoms with Crippen molar-refractivity contribution in [3.8, 4) is 0 Å². The van der Waals surface area contributed by atoms with Gasteiger partial charge < -0.3 is 4.42 Å². The fraction of sp³-hybridized carbons (Fsp3) is 0.250. The van der Waals surface area contributed by atoms with E-state index in [9.17, 15) is 4.79 Å². The molecule has 0 atom stereocenters. The quantitative estimate of drug-likeness (QED) is 0.418. The van der Waals surface area contributed by atoms with E-state index in [1.807, 2.05) is 55.5 Å². The summed E-state index contributed by atoms with van der Waals surface area (Å²) in [5.74, 6) is 1.20. The van der Waals surface area contributed by atoms with Crippen LogP contribution in [-0.4, -0.2) is 21.9 Å². The maximum absolute atomic E-state index is 12.0. The average Bonchev–Trinajstić information content (AvgIpc) is 3.09. The topological polar surface area (TPSA) is 68.0 Å². The molecular weight excluding hydrogens is 382 g/mol. The van der Waals surface area contributed by atoms with Gasteiger partial charge in [0.15, 0.2) is 0 Å². The predicted octanol–water partition coefficient (Wildman–Crippen LogP) is 5.13. The Bertz CT molecular complexity index is 879.